The van der Waals surface area contributed by atoms with Crippen molar-refractivity contribution in [2.45, 2.75) is 0 Å². The molecule has 5 nitrogen and oxygen atoms in total. The fraction of sp³-hybridized carbons (Fsp3) is 0.111. The molecular weight excluding hydrogens is 218 g/mol. The first-order valence-electron chi connectivity index (χ1n) is 4.13. The third-order valence-corrected chi connectivity index (χ3v) is 2.16. The molecule has 0 aromatic carbocycles. The average molecular weight is 226 g/mol. The first-order valence-corrected chi connectivity index (χ1v) is 4.51. The van der Waals surface area contributed by atoms with Crippen molar-refractivity contribution in [1.29, 1.82) is 0 Å². The molecule has 0 aliphatic carbocycles. The molecule has 0 spiro atoms. The number of hydrogen-bond donors (Lipinski definition) is 1. The summed E-state index contributed by atoms with van der Waals surface area (Å²) in [7, 11) is 1.51. The van der Waals surface area contributed by atoms with E-state index in [2.05, 4.69) is 10.1 Å². The van der Waals surface area contributed by atoms with Crippen LogP contribution < -0.4 is 10.5 Å². The fourth-order valence-corrected chi connectivity index (χ4v) is 1.45. The van der Waals surface area contributed by atoms with E-state index in [9.17, 15) is 0 Å². The van der Waals surface area contributed by atoms with Gasteiger partial charge in [-0.2, -0.15) is 0 Å². The highest BCUT2D eigenvalue weighted by Gasteiger charge is 2.15. The summed E-state index contributed by atoms with van der Waals surface area (Å²) in [5.74, 6) is 0.600. The van der Waals surface area contributed by atoms with E-state index in [1.807, 2.05) is 0 Å². The number of nitrogen functional groups attached to an aromatic ring is 1. The maximum atomic E-state index is 6.01. The van der Waals surface area contributed by atoms with Crippen LogP contribution in [0.1, 0.15) is 0 Å². The SMILES string of the molecule is COc1nccc(Cl)c1-c1cc(N)on1. The molecule has 6 heteroatoms. The van der Waals surface area contributed by atoms with E-state index in [1.54, 1.807) is 18.3 Å². The Balaban J connectivity index is 2.60. The molecule has 0 atom stereocenters. The molecule has 78 valence electrons. The fourth-order valence-electron chi connectivity index (χ4n) is 1.21. The van der Waals surface area contributed by atoms with Crippen molar-refractivity contribution in [1.82, 2.24) is 10.1 Å². The van der Waals surface area contributed by atoms with Gasteiger partial charge in [-0.3, -0.25) is 0 Å². The van der Waals surface area contributed by atoms with Gasteiger partial charge in [-0.1, -0.05) is 16.8 Å². The van der Waals surface area contributed by atoms with E-state index >= 15 is 0 Å². The molecule has 15 heavy (non-hydrogen) atoms. The van der Waals surface area contributed by atoms with Crippen LogP contribution in [0.3, 0.4) is 0 Å². The predicted octanol–water partition coefficient (Wildman–Crippen LogP) is 1.98. The van der Waals surface area contributed by atoms with E-state index in [-0.39, 0.29) is 5.88 Å². The number of ether oxygens (including phenoxy) is 1. The molecule has 0 fully saturated rings. The molecule has 0 amide bonds. The van der Waals surface area contributed by atoms with Crippen molar-refractivity contribution in [2.24, 2.45) is 0 Å². The lowest BCUT2D eigenvalue weighted by Gasteiger charge is -2.05. The first-order chi connectivity index (χ1) is 7.22. The number of aromatic nitrogens is 2. The zero-order chi connectivity index (χ0) is 10.8. The largest absolute Gasteiger partial charge is 0.480 e. The van der Waals surface area contributed by atoms with Crippen molar-refractivity contribution in [3.63, 3.8) is 0 Å². The molecular formula is C9H8ClN3O2. The van der Waals surface area contributed by atoms with Gasteiger partial charge in [0.1, 0.15) is 5.69 Å². The third-order valence-electron chi connectivity index (χ3n) is 1.84. The van der Waals surface area contributed by atoms with Crippen molar-refractivity contribution in [2.75, 3.05) is 12.8 Å². The van der Waals surface area contributed by atoms with Gasteiger partial charge in [-0.05, 0) is 6.07 Å². The molecule has 0 radical (unpaired) electrons. The smallest absolute Gasteiger partial charge is 0.224 e. The molecule has 2 rings (SSSR count). The van der Waals surface area contributed by atoms with Gasteiger partial charge in [0.25, 0.3) is 0 Å². The Bertz CT molecular complexity index is 484. The number of pyridine rings is 1. The second-order valence-corrected chi connectivity index (χ2v) is 3.20. The molecule has 2 N–H and O–H groups in total. The van der Waals surface area contributed by atoms with Crippen molar-refractivity contribution < 1.29 is 9.26 Å². The van der Waals surface area contributed by atoms with Crippen LogP contribution in [-0.2, 0) is 0 Å². The summed E-state index contributed by atoms with van der Waals surface area (Å²) in [5.41, 5.74) is 6.50. The number of nitrogens with two attached hydrogens (primary N) is 1. The minimum absolute atomic E-state index is 0.215. The maximum absolute atomic E-state index is 6.01. The number of nitrogens with zero attached hydrogens (tertiary/aromatic N) is 2. The molecule has 0 unspecified atom stereocenters. The Morgan fingerprint density at radius 1 is 1.53 bits per heavy atom. The summed E-state index contributed by atoms with van der Waals surface area (Å²) in [6.45, 7) is 0. The molecule has 2 aromatic heterocycles. The molecule has 2 heterocycles. The number of hydrogen-bond acceptors (Lipinski definition) is 5. The van der Waals surface area contributed by atoms with Crippen LogP contribution in [0.2, 0.25) is 5.02 Å². The lowest BCUT2D eigenvalue weighted by Crippen LogP contribution is -1.92. The van der Waals surface area contributed by atoms with Gasteiger partial charge in [-0.15, -0.1) is 0 Å². The van der Waals surface area contributed by atoms with Gasteiger partial charge in [0.15, 0.2) is 0 Å². The highest BCUT2D eigenvalue weighted by molar-refractivity contribution is 6.33. The number of rotatable bonds is 2. The Labute approximate surface area is 90.8 Å². The minimum atomic E-state index is 0.215. The average Bonchev–Trinajstić information content (AvgIpc) is 2.64. The molecule has 0 saturated heterocycles. The van der Waals surface area contributed by atoms with Crippen LogP contribution in [0.25, 0.3) is 11.3 Å². The topological polar surface area (TPSA) is 74.2 Å². The van der Waals surface area contributed by atoms with E-state index in [4.69, 9.17) is 26.6 Å². The highest BCUT2D eigenvalue weighted by Crippen LogP contribution is 2.34. The quantitative estimate of drug-likeness (QED) is 0.846. The second kappa shape index (κ2) is 3.78. The summed E-state index contributed by atoms with van der Waals surface area (Å²) < 4.78 is 9.83. The lowest BCUT2D eigenvalue weighted by molar-refractivity contribution is 0.398. The van der Waals surface area contributed by atoms with Crippen LogP contribution in [0.15, 0.2) is 22.9 Å². The third kappa shape index (κ3) is 1.73. The summed E-state index contributed by atoms with van der Waals surface area (Å²) in [5, 5.41) is 4.23. The monoisotopic (exact) mass is 225 g/mol. The van der Waals surface area contributed by atoms with Gasteiger partial charge in [0.05, 0.1) is 17.7 Å². The molecule has 0 aliphatic heterocycles. The van der Waals surface area contributed by atoms with Gasteiger partial charge in [-0.25, -0.2) is 4.98 Å². The predicted molar refractivity (Wildman–Crippen MR) is 55.7 cm³/mol. The van der Waals surface area contributed by atoms with Crippen molar-refractivity contribution >= 4 is 17.5 Å². The highest BCUT2D eigenvalue weighted by atomic mass is 35.5. The Hall–Kier alpha value is -1.75. The summed E-state index contributed by atoms with van der Waals surface area (Å²) in [4.78, 5) is 4.01. The van der Waals surface area contributed by atoms with E-state index in [1.165, 1.54) is 7.11 Å². The Morgan fingerprint density at radius 2 is 2.33 bits per heavy atom. The van der Waals surface area contributed by atoms with Crippen LogP contribution >= 0.6 is 11.6 Å². The van der Waals surface area contributed by atoms with Crippen LogP contribution in [-0.4, -0.2) is 17.3 Å². The van der Waals surface area contributed by atoms with E-state index in [0.29, 0.717) is 22.2 Å². The molecule has 0 aliphatic rings. The zero-order valence-corrected chi connectivity index (χ0v) is 8.65. The summed E-state index contributed by atoms with van der Waals surface area (Å²) >= 11 is 6.01. The van der Waals surface area contributed by atoms with Crippen molar-refractivity contribution in [3.05, 3.63) is 23.4 Å². The van der Waals surface area contributed by atoms with E-state index < -0.39 is 0 Å². The maximum Gasteiger partial charge on any atom is 0.224 e. The standard InChI is InChI=1S/C9H8ClN3O2/c1-14-9-8(5(10)2-3-12-9)6-4-7(11)15-13-6/h2-4H,11H2,1H3. The summed E-state index contributed by atoms with van der Waals surface area (Å²) in [6.07, 6.45) is 1.55. The molecule has 2 aromatic rings. The number of halogens is 1. The molecule has 0 saturated carbocycles. The minimum Gasteiger partial charge on any atom is -0.480 e. The van der Waals surface area contributed by atoms with Gasteiger partial charge in [0, 0.05) is 12.3 Å². The molecule has 0 bridgehead atoms. The van der Waals surface area contributed by atoms with Gasteiger partial charge in [0.2, 0.25) is 11.8 Å². The lowest BCUT2D eigenvalue weighted by atomic mass is 10.2. The zero-order valence-electron chi connectivity index (χ0n) is 7.90. The first kappa shape index (κ1) is 9.79. The van der Waals surface area contributed by atoms with Gasteiger partial charge >= 0.3 is 0 Å². The second-order valence-electron chi connectivity index (χ2n) is 2.79. The number of methoxy groups -OCH3 is 1. The normalized spacial score (nSPS) is 10.3. The van der Waals surface area contributed by atoms with Crippen LogP contribution in [0, 0.1) is 0 Å². The number of anilines is 1. The van der Waals surface area contributed by atoms with Crippen molar-refractivity contribution in [3.8, 4) is 17.1 Å². The Kier molecular flexibility index (Phi) is 2.47. The van der Waals surface area contributed by atoms with Crippen LogP contribution in [0.4, 0.5) is 5.88 Å². The van der Waals surface area contributed by atoms with Crippen LogP contribution in [0.5, 0.6) is 5.88 Å². The summed E-state index contributed by atoms with van der Waals surface area (Å²) in [6, 6.07) is 3.20. The van der Waals surface area contributed by atoms with E-state index in [0.717, 1.165) is 0 Å². The Morgan fingerprint density at radius 3 is 2.93 bits per heavy atom. The van der Waals surface area contributed by atoms with Gasteiger partial charge < -0.3 is 15.0 Å².